The van der Waals surface area contributed by atoms with E-state index in [4.69, 9.17) is 11.6 Å². The number of nitrogens with one attached hydrogen (secondary N) is 2. The number of aromatic nitrogens is 1. The molecule has 0 radical (unpaired) electrons. The number of benzene rings is 2. The summed E-state index contributed by atoms with van der Waals surface area (Å²) in [6.45, 7) is 0.166. The lowest BCUT2D eigenvalue weighted by molar-refractivity contribution is 0.272. The van der Waals surface area contributed by atoms with Crippen molar-refractivity contribution >= 4 is 17.3 Å². The minimum Gasteiger partial charge on any atom is -0.396 e. The van der Waals surface area contributed by atoms with Gasteiger partial charge in [-0.1, -0.05) is 41.9 Å². The Bertz CT molecular complexity index is 859. The number of anilines is 1. The smallest absolute Gasteiger partial charge is 0.104 e. The summed E-state index contributed by atoms with van der Waals surface area (Å²) in [6, 6.07) is 18.4. The Morgan fingerprint density at radius 3 is 2.62 bits per heavy atom. The van der Waals surface area contributed by atoms with Gasteiger partial charge in [0.2, 0.25) is 0 Å². The first kappa shape index (κ1) is 15.3. The maximum atomic E-state index is 9.43. The fourth-order valence-corrected chi connectivity index (χ4v) is 3.88. The molecule has 0 unspecified atom stereocenters. The van der Waals surface area contributed by atoms with Crippen LogP contribution in [0, 0.1) is 0 Å². The van der Waals surface area contributed by atoms with E-state index < -0.39 is 0 Å². The van der Waals surface area contributed by atoms with Gasteiger partial charge in [-0.3, -0.25) is 0 Å². The number of aliphatic hydroxyl groups is 1. The van der Waals surface area contributed by atoms with Gasteiger partial charge >= 0.3 is 0 Å². The second-order valence-corrected chi connectivity index (χ2v) is 6.62. The first-order valence-corrected chi connectivity index (χ1v) is 8.55. The highest BCUT2D eigenvalue weighted by atomic mass is 35.5. The fourth-order valence-electron chi connectivity index (χ4n) is 3.70. The third-order valence-corrected chi connectivity index (χ3v) is 5.01. The van der Waals surface area contributed by atoms with Gasteiger partial charge in [0.25, 0.3) is 0 Å². The Labute approximate surface area is 146 Å². The molecule has 0 fully saturated rings. The van der Waals surface area contributed by atoms with E-state index in [2.05, 4.69) is 40.6 Å². The molecule has 24 heavy (non-hydrogen) atoms. The number of halogens is 1. The van der Waals surface area contributed by atoms with E-state index in [0.717, 1.165) is 34.0 Å². The second kappa shape index (κ2) is 6.00. The van der Waals surface area contributed by atoms with Crippen molar-refractivity contribution in [3.8, 4) is 11.1 Å². The van der Waals surface area contributed by atoms with Crippen molar-refractivity contribution in [3.05, 3.63) is 77.1 Å². The van der Waals surface area contributed by atoms with Crippen LogP contribution in [0.15, 0.2) is 60.8 Å². The van der Waals surface area contributed by atoms with Crippen LogP contribution in [0.2, 0.25) is 5.02 Å². The molecule has 1 aromatic heterocycles. The standard InChI is InChI=1S/C20H19ClN2O/c21-15-7-8-18-17(13-15)16-9-11-22-19(16)20(23-18,10-4-12-24)14-5-2-1-3-6-14/h1-3,5-9,11,13,22-24H,4,10,12H2/t20-/m0/s1. The largest absolute Gasteiger partial charge is 0.396 e. The summed E-state index contributed by atoms with van der Waals surface area (Å²) >= 11 is 6.21. The zero-order chi connectivity index (χ0) is 16.6. The average molecular weight is 339 g/mol. The van der Waals surface area contributed by atoms with Crippen molar-refractivity contribution in [1.82, 2.24) is 4.98 Å². The van der Waals surface area contributed by atoms with Crippen LogP contribution in [0.5, 0.6) is 0 Å². The molecular formula is C20H19ClN2O. The van der Waals surface area contributed by atoms with Gasteiger partial charge in [0, 0.05) is 34.6 Å². The molecule has 0 saturated heterocycles. The topological polar surface area (TPSA) is 48.0 Å². The SMILES string of the molecule is OCCC[C@@]1(c2ccccc2)Nc2ccc(Cl)cc2-c2cc[nH]c21. The molecule has 3 aromatic rings. The quantitative estimate of drug-likeness (QED) is 0.641. The molecule has 1 atom stereocenters. The van der Waals surface area contributed by atoms with E-state index in [1.165, 1.54) is 5.56 Å². The van der Waals surface area contributed by atoms with Gasteiger partial charge in [0.05, 0.1) is 5.69 Å². The van der Waals surface area contributed by atoms with E-state index in [1.54, 1.807) is 0 Å². The Kier molecular flexibility index (Phi) is 3.83. The molecule has 3 nitrogen and oxygen atoms in total. The second-order valence-electron chi connectivity index (χ2n) is 6.18. The highest BCUT2D eigenvalue weighted by Gasteiger charge is 2.40. The third kappa shape index (κ3) is 2.32. The van der Waals surface area contributed by atoms with E-state index >= 15 is 0 Å². The molecule has 1 aliphatic rings. The number of fused-ring (bicyclic) bond motifs is 3. The van der Waals surface area contributed by atoms with Crippen LogP contribution in [0.25, 0.3) is 11.1 Å². The summed E-state index contributed by atoms with van der Waals surface area (Å²) in [5, 5.41) is 13.9. The normalized spacial score (nSPS) is 18.6. The molecule has 4 rings (SSSR count). The summed E-state index contributed by atoms with van der Waals surface area (Å²) in [5.74, 6) is 0. The molecule has 3 N–H and O–H groups in total. The summed E-state index contributed by atoms with van der Waals surface area (Å²) in [5.41, 5.74) is 5.25. The average Bonchev–Trinajstić information content (AvgIpc) is 3.11. The lowest BCUT2D eigenvalue weighted by atomic mass is 9.77. The maximum absolute atomic E-state index is 9.43. The minimum absolute atomic E-state index is 0.166. The number of hydrogen-bond acceptors (Lipinski definition) is 2. The van der Waals surface area contributed by atoms with Crippen molar-refractivity contribution in [2.75, 3.05) is 11.9 Å². The Balaban J connectivity index is 1.94. The lowest BCUT2D eigenvalue weighted by Crippen LogP contribution is -2.40. The van der Waals surface area contributed by atoms with Crippen LogP contribution in [0.1, 0.15) is 24.1 Å². The van der Waals surface area contributed by atoms with E-state index in [-0.39, 0.29) is 12.1 Å². The molecule has 2 aromatic carbocycles. The van der Waals surface area contributed by atoms with Crippen molar-refractivity contribution in [3.63, 3.8) is 0 Å². The zero-order valence-electron chi connectivity index (χ0n) is 13.2. The monoisotopic (exact) mass is 338 g/mol. The molecule has 0 aliphatic carbocycles. The Morgan fingerprint density at radius 1 is 1.00 bits per heavy atom. The van der Waals surface area contributed by atoms with Gasteiger partial charge in [0.1, 0.15) is 5.54 Å². The van der Waals surface area contributed by atoms with Crippen molar-refractivity contribution < 1.29 is 5.11 Å². The minimum atomic E-state index is -0.385. The first-order chi connectivity index (χ1) is 11.7. The molecule has 0 spiro atoms. The molecule has 2 heterocycles. The summed E-state index contributed by atoms with van der Waals surface area (Å²) < 4.78 is 0. The highest BCUT2D eigenvalue weighted by Crippen LogP contribution is 2.48. The molecule has 122 valence electrons. The molecule has 0 bridgehead atoms. The van der Waals surface area contributed by atoms with Gasteiger partial charge in [-0.15, -0.1) is 0 Å². The van der Waals surface area contributed by atoms with Crippen LogP contribution >= 0.6 is 11.6 Å². The lowest BCUT2D eigenvalue weighted by Gasteiger charge is -2.40. The molecule has 1 aliphatic heterocycles. The number of hydrogen-bond donors (Lipinski definition) is 3. The van der Waals surface area contributed by atoms with Crippen molar-refractivity contribution in [1.29, 1.82) is 0 Å². The fraction of sp³-hybridized carbons (Fsp3) is 0.200. The zero-order valence-corrected chi connectivity index (χ0v) is 14.0. The number of aromatic amines is 1. The van der Waals surface area contributed by atoms with Crippen LogP contribution < -0.4 is 5.32 Å². The van der Waals surface area contributed by atoms with E-state index in [0.29, 0.717) is 6.42 Å². The van der Waals surface area contributed by atoms with Crippen LogP contribution in [0.3, 0.4) is 0 Å². The Morgan fingerprint density at radius 2 is 1.83 bits per heavy atom. The predicted molar refractivity (Wildman–Crippen MR) is 98.4 cm³/mol. The summed E-state index contributed by atoms with van der Waals surface area (Å²) in [6.07, 6.45) is 3.48. The number of H-pyrrole nitrogens is 1. The molecule has 0 saturated carbocycles. The maximum Gasteiger partial charge on any atom is 0.104 e. The van der Waals surface area contributed by atoms with Gasteiger partial charge in [0.15, 0.2) is 0 Å². The molecule has 0 amide bonds. The van der Waals surface area contributed by atoms with Gasteiger partial charge in [-0.2, -0.15) is 0 Å². The summed E-state index contributed by atoms with van der Waals surface area (Å²) in [7, 11) is 0. The molecule has 4 heteroatoms. The Hall–Kier alpha value is -2.23. The van der Waals surface area contributed by atoms with Gasteiger partial charge < -0.3 is 15.4 Å². The predicted octanol–water partition coefficient (Wildman–Crippen LogP) is 4.78. The van der Waals surface area contributed by atoms with E-state index in [1.807, 2.05) is 30.5 Å². The van der Waals surface area contributed by atoms with Crippen LogP contribution in [-0.4, -0.2) is 16.7 Å². The molecular weight excluding hydrogens is 320 g/mol. The third-order valence-electron chi connectivity index (χ3n) is 4.77. The highest BCUT2D eigenvalue weighted by molar-refractivity contribution is 6.31. The van der Waals surface area contributed by atoms with Gasteiger partial charge in [-0.25, -0.2) is 0 Å². The van der Waals surface area contributed by atoms with Crippen LogP contribution in [0.4, 0.5) is 5.69 Å². The number of aliphatic hydroxyl groups excluding tert-OH is 1. The summed E-state index contributed by atoms with van der Waals surface area (Å²) in [4.78, 5) is 3.43. The van der Waals surface area contributed by atoms with Crippen molar-refractivity contribution in [2.45, 2.75) is 18.4 Å². The van der Waals surface area contributed by atoms with Crippen LogP contribution in [-0.2, 0) is 5.54 Å². The van der Waals surface area contributed by atoms with Gasteiger partial charge in [-0.05, 0) is 42.7 Å². The number of rotatable bonds is 4. The first-order valence-electron chi connectivity index (χ1n) is 8.17. The van der Waals surface area contributed by atoms with Crippen molar-refractivity contribution in [2.24, 2.45) is 0 Å². The van der Waals surface area contributed by atoms with E-state index in [9.17, 15) is 5.11 Å².